The van der Waals surface area contributed by atoms with Gasteiger partial charge in [-0.3, -0.25) is 0 Å². The second-order valence-corrected chi connectivity index (χ2v) is 4.84. The van der Waals surface area contributed by atoms with E-state index < -0.39 is 0 Å². The zero-order valence-electron chi connectivity index (χ0n) is 10.8. The lowest BCUT2D eigenvalue weighted by Gasteiger charge is -2.12. The van der Waals surface area contributed by atoms with Crippen molar-refractivity contribution < 1.29 is 0 Å². The third kappa shape index (κ3) is 1.46. The van der Waals surface area contributed by atoms with Gasteiger partial charge in [-0.15, -0.1) is 0 Å². The lowest BCUT2D eigenvalue weighted by Crippen LogP contribution is -1.89. The fraction of sp³-hybridized carbons (Fsp3) is 0.111. The Kier molecular flexibility index (Phi) is 2.45. The predicted octanol–water partition coefficient (Wildman–Crippen LogP) is 5.25. The van der Waals surface area contributed by atoms with Crippen LogP contribution in [0.4, 0.5) is 0 Å². The first-order valence-corrected chi connectivity index (χ1v) is 6.26. The van der Waals surface area contributed by atoms with Gasteiger partial charge in [0.2, 0.25) is 0 Å². The Hall–Kier alpha value is -2.08. The van der Waals surface area contributed by atoms with Crippen LogP contribution in [0.1, 0.15) is 16.7 Å². The summed E-state index contributed by atoms with van der Waals surface area (Å²) in [5.41, 5.74) is 3.87. The number of hydrogen-bond acceptors (Lipinski definition) is 0. The molecule has 0 aliphatic carbocycles. The molecule has 0 spiro atoms. The van der Waals surface area contributed by atoms with E-state index in [0.29, 0.717) is 0 Å². The lowest BCUT2D eigenvalue weighted by molar-refractivity contribution is 1.48. The summed E-state index contributed by atoms with van der Waals surface area (Å²) in [6.45, 7) is 8.30. The molecule has 0 heteroatoms. The first-order chi connectivity index (χ1) is 8.72. The molecule has 0 aliphatic rings. The van der Waals surface area contributed by atoms with Crippen molar-refractivity contribution in [2.75, 3.05) is 0 Å². The van der Waals surface area contributed by atoms with E-state index in [0.717, 1.165) is 0 Å². The van der Waals surface area contributed by atoms with E-state index in [1.165, 1.54) is 38.2 Å². The minimum Gasteiger partial charge on any atom is -0.0984 e. The normalized spacial score (nSPS) is 11.0. The van der Waals surface area contributed by atoms with Crippen molar-refractivity contribution in [3.8, 4) is 0 Å². The maximum atomic E-state index is 3.98. The third-order valence-corrected chi connectivity index (χ3v) is 3.69. The minimum atomic E-state index is 1.26. The molecule has 18 heavy (non-hydrogen) atoms. The molecule has 0 saturated carbocycles. The zero-order chi connectivity index (χ0) is 12.7. The fourth-order valence-electron chi connectivity index (χ4n) is 2.77. The highest BCUT2D eigenvalue weighted by Gasteiger charge is 2.08. The van der Waals surface area contributed by atoms with Crippen molar-refractivity contribution >= 4 is 27.6 Å². The molecule has 0 atom stereocenters. The number of aryl methyl sites for hydroxylation is 2. The molecule has 0 radical (unpaired) electrons. The molecule has 0 aliphatic heterocycles. The standard InChI is InChI=1S/C18H16/c1-4-14-13(3)15-7-5-6-8-16(15)17-10-9-12(2)11-18(14)17/h4-11H,1H2,2-3H3. The second kappa shape index (κ2) is 3.99. The monoisotopic (exact) mass is 232 g/mol. The van der Waals surface area contributed by atoms with Crippen LogP contribution in [0, 0.1) is 13.8 Å². The highest BCUT2D eigenvalue weighted by atomic mass is 14.1. The highest BCUT2D eigenvalue weighted by Crippen LogP contribution is 2.33. The summed E-state index contributed by atoms with van der Waals surface area (Å²) in [5, 5.41) is 5.28. The van der Waals surface area contributed by atoms with Crippen LogP contribution in [0.15, 0.2) is 49.0 Å². The van der Waals surface area contributed by atoms with Gasteiger partial charge in [-0.25, -0.2) is 0 Å². The molecule has 0 unspecified atom stereocenters. The molecule has 0 bridgehead atoms. The Morgan fingerprint density at radius 2 is 1.50 bits per heavy atom. The molecular formula is C18H16. The maximum absolute atomic E-state index is 3.98. The average Bonchev–Trinajstić information content (AvgIpc) is 2.39. The number of rotatable bonds is 1. The molecule has 0 saturated heterocycles. The van der Waals surface area contributed by atoms with Crippen LogP contribution in [-0.2, 0) is 0 Å². The Morgan fingerprint density at radius 1 is 0.833 bits per heavy atom. The largest absolute Gasteiger partial charge is 0.0984 e. The van der Waals surface area contributed by atoms with E-state index in [1.807, 2.05) is 6.08 Å². The van der Waals surface area contributed by atoms with Crippen LogP contribution in [0.25, 0.3) is 27.6 Å². The van der Waals surface area contributed by atoms with Gasteiger partial charge in [0.15, 0.2) is 0 Å². The van der Waals surface area contributed by atoms with E-state index >= 15 is 0 Å². The summed E-state index contributed by atoms with van der Waals surface area (Å²) < 4.78 is 0. The van der Waals surface area contributed by atoms with E-state index in [1.54, 1.807) is 0 Å². The molecule has 3 rings (SSSR count). The molecule has 0 aromatic heterocycles. The van der Waals surface area contributed by atoms with Crippen molar-refractivity contribution in [3.63, 3.8) is 0 Å². The van der Waals surface area contributed by atoms with Gasteiger partial charge in [0, 0.05) is 0 Å². The van der Waals surface area contributed by atoms with Crippen LogP contribution in [-0.4, -0.2) is 0 Å². The summed E-state index contributed by atoms with van der Waals surface area (Å²) in [7, 11) is 0. The Balaban J connectivity index is 2.66. The van der Waals surface area contributed by atoms with Crippen LogP contribution >= 0.6 is 0 Å². The van der Waals surface area contributed by atoms with Gasteiger partial charge < -0.3 is 0 Å². The van der Waals surface area contributed by atoms with Crippen molar-refractivity contribution in [2.45, 2.75) is 13.8 Å². The SMILES string of the molecule is C=Cc1c(C)c2ccccc2c2ccc(C)cc12. The first kappa shape index (κ1) is 11.0. The van der Waals surface area contributed by atoms with Gasteiger partial charge in [-0.2, -0.15) is 0 Å². The summed E-state index contributed by atoms with van der Waals surface area (Å²) in [6.07, 6.45) is 1.98. The zero-order valence-corrected chi connectivity index (χ0v) is 10.8. The smallest absolute Gasteiger partial charge is 0.00990 e. The second-order valence-electron chi connectivity index (χ2n) is 4.84. The average molecular weight is 232 g/mol. The van der Waals surface area contributed by atoms with Crippen molar-refractivity contribution in [1.82, 2.24) is 0 Å². The van der Waals surface area contributed by atoms with E-state index in [2.05, 4.69) is 62.9 Å². The highest BCUT2D eigenvalue weighted by molar-refractivity contribution is 6.12. The Labute approximate surface area is 108 Å². The van der Waals surface area contributed by atoms with Crippen LogP contribution in [0.5, 0.6) is 0 Å². The fourth-order valence-corrected chi connectivity index (χ4v) is 2.77. The maximum Gasteiger partial charge on any atom is -0.00990 e. The Bertz CT molecular complexity index is 764. The summed E-state index contributed by atoms with van der Waals surface area (Å²) >= 11 is 0. The van der Waals surface area contributed by atoms with Crippen molar-refractivity contribution in [2.24, 2.45) is 0 Å². The molecular weight excluding hydrogens is 216 g/mol. The van der Waals surface area contributed by atoms with Gasteiger partial charge >= 0.3 is 0 Å². The predicted molar refractivity (Wildman–Crippen MR) is 81.0 cm³/mol. The van der Waals surface area contributed by atoms with Crippen molar-refractivity contribution in [1.29, 1.82) is 0 Å². The molecule has 3 aromatic rings. The van der Waals surface area contributed by atoms with Gasteiger partial charge in [-0.05, 0) is 46.5 Å². The summed E-state index contributed by atoms with van der Waals surface area (Å²) in [4.78, 5) is 0. The minimum absolute atomic E-state index is 1.26. The molecule has 3 aromatic carbocycles. The van der Waals surface area contributed by atoms with E-state index in [-0.39, 0.29) is 0 Å². The van der Waals surface area contributed by atoms with Crippen molar-refractivity contribution in [3.05, 3.63) is 65.7 Å². The van der Waals surface area contributed by atoms with Gasteiger partial charge in [0.1, 0.15) is 0 Å². The van der Waals surface area contributed by atoms with E-state index in [9.17, 15) is 0 Å². The third-order valence-electron chi connectivity index (χ3n) is 3.69. The topological polar surface area (TPSA) is 0 Å². The number of benzene rings is 3. The van der Waals surface area contributed by atoms with E-state index in [4.69, 9.17) is 0 Å². The summed E-state index contributed by atoms with van der Waals surface area (Å²) in [5.74, 6) is 0. The molecule has 0 heterocycles. The van der Waals surface area contributed by atoms with Crippen LogP contribution < -0.4 is 0 Å². The van der Waals surface area contributed by atoms with Gasteiger partial charge in [0.25, 0.3) is 0 Å². The first-order valence-electron chi connectivity index (χ1n) is 6.26. The van der Waals surface area contributed by atoms with Gasteiger partial charge in [0.05, 0.1) is 0 Å². The molecule has 0 amide bonds. The molecule has 0 N–H and O–H groups in total. The number of hydrogen-bond donors (Lipinski definition) is 0. The molecule has 0 fully saturated rings. The van der Waals surface area contributed by atoms with Crippen LogP contribution in [0.3, 0.4) is 0 Å². The quantitative estimate of drug-likeness (QED) is 0.502. The van der Waals surface area contributed by atoms with Gasteiger partial charge in [-0.1, -0.05) is 60.7 Å². The summed E-state index contributed by atoms with van der Waals surface area (Å²) in [6, 6.07) is 15.3. The lowest BCUT2D eigenvalue weighted by atomic mass is 9.91. The molecule has 0 nitrogen and oxygen atoms in total. The Morgan fingerprint density at radius 3 is 2.22 bits per heavy atom. The molecule has 88 valence electrons. The number of fused-ring (bicyclic) bond motifs is 3. The van der Waals surface area contributed by atoms with Crippen LogP contribution in [0.2, 0.25) is 0 Å².